The predicted molar refractivity (Wildman–Crippen MR) is 84.7 cm³/mol. The van der Waals surface area contributed by atoms with Crippen molar-refractivity contribution in [3.05, 3.63) is 51.2 Å². The van der Waals surface area contributed by atoms with Crippen LogP contribution in [-0.2, 0) is 6.42 Å². The summed E-state index contributed by atoms with van der Waals surface area (Å²) in [7, 11) is 0. The van der Waals surface area contributed by atoms with Gasteiger partial charge < -0.3 is 0 Å². The van der Waals surface area contributed by atoms with Crippen molar-refractivity contribution >= 4 is 34.1 Å². The summed E-state index contributed by atoms with van der Waals surface area (Å²) in [6.07, 6.45) is 5.83. The molecule has 0 radical (unpaired) electrons. The highest BCUT2D eigenvalue weighted by Crippen LogP contribution is 2.45. The van der Waals surface area contributed by atoms with Crippen molar-refractivity contribution in [3.8, 4) is 0 Å². The zero-order valence-corrected chi connectivity index (χ0v) is 12.8. The topological polar surface area (TPSA) is 12.9 Å². The molecule has 2 bridgehead atoms. The Labute approximate surface area is 128 Å². The number of hydrogen-bond donors (Lipinski definition) is 0. The van der Waals surface area contributed by atoms with Crippen LogP contribution in [0.3, 0.4) is 0 Å². The molecule has 0 fully saturated rings. The molecule has 2 aromatic rings. The molecule has 2 atom stereocenters. The van der Waals surface area contributed by atoms with Crippen molar-refractivity contribution in [2.75, 3.05) is 0 Å². The molecule has 0 N–H and O–H groups in total. The fourth-order valence-electron chi connectivity index (χ4n) is 3.77. The average Bonchev–Trinajstić information content (AvgIpc) is 2.40. The van der Waals surface area contributed by atoms with Gasteiger partial charge in [-0.2, -0.15) is 0 Å². The highest BCUT2D eigenvalue weighted by atomic mass is 35.5. The van der Waals surface area contributed by atoms with Crippen LogP contribution >= 0.6 is 23.2 Å². The molecule has 2 unspecified atom stereocenters. The summed E-state index contributed by atoms with van der Waals surface area (Å²) >= 11 is 12.7. The molecule has 1 heterocycles. The molecule has 1 nitrogen and oxygen atoms in total. The molecule has 1 aromatic heterocycles. The van der Waals surface area contributed by atoms with Gasteiger partial charge in [-0.15, -0.1) is 0 Å². The van der Waals surface area contributed by atoms with E-state index in [9.17, 15) is 0 Å². The number of fused-ring (bicyclic) bond motifs is 5. The van der Waals surface area contributed by atoms with E-state index >= 15 is 0 Å². The number of hydrogen-bond acceptors (Lipinski definition) is 1. The highest BCUT2D eigenvalue weighted by molar-refractivity contribution is 6.37. The number of pyridine rings is 1. The second kappa shape index (κ2) is 4.47. The molecule has 102 valence electrons. The normalized spacial score (nSPS) is 24.4. The van der Waals surface area contributed by atoms with Crippen molar-refractivity contribution in [2.24, 2.45) is 5.92 Å². The molecular formula is C17H15Cl2N. The first-order valence-electron chi connectivity index (χ1n) is 7.06. The molecule has 1 aromatic carbocycles. The maximum absolute atomic E-state index is 6.66. The molecule has 0 amide bonds. The second-order valence-corrected chi connectivity index (χ2v) is 6.89. The first-order chi connectivity index (χ1) is 9.61. The van der Waals surface area contributed by atoms with Crippen LogP contribution in [0.4, 0.5) is 0 Å². The summed E-state index contributed by atoms with van der Waals surface area (Å²) in [5.41, 5.74) is 4.82. The lowest BCUT2D eigenvalue weighted by Crippen LogP contribution is -2.23. The van der Waals surface area contributed by atoms with Gasteiger partial charge in [0.2, 0.25) is 0 Å². The Kier molecular flexibility index (Phi) is 2.84. The predicted octanol–water partition coefficient (Wildman–Crippen LogP) is 5.54. The smallest absolute Gasteiger partial charge is 0.0735 e. The van der Waals surface area contributed by atoms with E-state index in [1.54, 1.807) is 0 Å². The number of halogens is 2. The monoisotopic (exact) mass is 303 g/mol. The van der Waals surface area contributed by atoms with Crippen LogP contribution in [0, 0.1) is 5.92 Å². The van der Waals surface area contributed by atoms with E-state index in [2.05, 4.69) is 13.0 Å². The number of aromatic nitrogens is 1. The van der Waals surface area contributed by atoms with Crippen LogP contribution in [0.2, 0.25) is 10.0 Å². The molecule has 2 aliphatic carbocycles. The lowest BCUT2D eigenvalue weighted by molar-refractivity contribution is 0.403. The van der Waals surface area contributed by atoms with Crippen LogP contribution < -0.4 is 0 Å². The van der Waals surface area contributed by atoms with Crippen LogP contribution in [0.1, 0.15) is 36.9 Å². The van der Waals surface area contributed by atoms with Crippen LogP contribution in [0.25, 0.3) is 10.9 Å². The Balaban J connectivity index is 2.00. The molecule has 0 saturated heterocycles. The summed E-state index contributed by atoms with van der Waals surface area (Å²) in [4.78, 5) is 4.88. The molecule has 20 heavy (non-hydrogen) atoms. The standard InChI is InChI=1S/C17H15Cl2N/c1-9-4-10-6-11(5-9)17-14(7-10)16(19)13-3-2-12(18)8-15(13)20-17/h2-3,5,8,10-11H,4,6-7H2,1H3. The number of benzene rings is 1. The third kappa shape index (κ3) is 1.88. The fraction of sp³-hybridized carbons (Fsp3) is 0.353. The van der Waals surface area contributed by atoms with Gasteiger partial charge in [0.25, 0.3) is 0 Å². The zero-order chi connectivity index (χ0) is 13.9. The maximum Gasteiger partial charge on any atom is 0.0735 e. The summed E-state index contributed by atoms with van der Waals surface area (Å²) in [5, 5.41) is 2.62. The number of rotatable bonds is 0. The molecule has 0 aliphatic heterocycles. The molecular weight excluding hydrogens is 289 g/mol. The van der Waals surface area contributed by atoms with E-state index in [0.717, 1.165) is 28.3 Å². The quantitative estimate of drug-likeness (QED) is 0.582. The van der Waals surface area contributed by atoms with Gasteiger partial charge in [-0.3, -0.25) is 4.98 Å². The molecule has 4 rings (SSSR count). The van der Waals surface area contributed by atoms with E-state index < -0.39 is 0 Å². The van der Waals surface area contributed by atoms with Crippen molar-refractivity contribution in [1.82, 2.24) is 4.98 Å². The van der Waals surface area contributed by atoms with Gasteiger partial charge in [-0.1, -0.05) is 34.9 Å². The van der Waals surface area contributed by atoms with E-state index in [0.29, 0.717) is 10.9 Å². The minimum absolute atomic E-state index is 0.429. The summed E-state index contributed by atoms with van der Waals surface area (Å²) in [6, 6.07) is 5.78. The minimum atomic E-state index is 0.429. The lowest BCUT2D eigenvalue weighted by atomic mass is 9.72. The summed E-state index contributed by atoms with van der Waals surface area (Å²) in [6.45, 7) is 2.23. The van der Waals surface area contributed by atoms with Crippen molar-refractivity contribution in [3.63, 3.8) is 0 Å². The first-order valence-corrected chi connectivity index (χ1v) is 7.82. The van der Waals surface area contributed by atoms with Gasteiger partial charge in [0.15, 0.2) is 0 Å². The maximum atomic E-state index is 6.66. The van der Waals surface area contributed by atoms with Gasteiger partial charge in [0.05, 0.1) is 16.2 Å². The van der Waals surface area contributed by atoms with Crippen LogP contribution in [0.5, 0.6) is 0 Å². The van der Waals surface area contributed by atoms with Gasteiger partial charge in [0, 0.05) is 16.3 Å². The Bertz CT molecular complexity index is 748. The Morgan fingerprint density at radius 2 is 2.05 bits per heavy atom. The van der Waals surface area contributed by atoms with Crippen molar-refractivity contribution in [2.45, 2.75) is 32.1 Å². The van der Waals surface area contributed by atoms with E-state index in [1.807, 2.05) is 18.2 Å². The Morgan fingerprint density at radius 1 is 1.20 bits per heavy atom. The van der Waals surface area contributed by atoms with E-state index in [4.69, 9.17) is 28.2 Å². The van der Waals surface area contributed by atoms with Gasteiger partial charge in [-0.05, 0) is 55.9 Å². The average molecular weight is 304 g/mol. The molecule has 3 heteroatoms. The zero-order valence-electron chi connectivity index (χ0n) is 11.3. The first kappa shape index (κ1) is 12.7. The Morgan fingerprint density at radius 3 is 2.90 bits per heavy atom. The second-order valence-electron chi connectivity index (χ2n) is 6.08. The van der Waals surface area contributed by atoms with Gasteiger partial charge >= 0.3 is 0 Å². The van der Waals surface area contributed by atoms with E-state index in [1.165, 1.54) is 29.7 Å². The third-order valence-corrected chi connectivity index (χ3v) is 5.21. The van der Waals surface area contributed by atoms with Crippen molar-refractivity contribution in [1.29, 1.82) is 0 Å². The number of allylic oxidation sites excluding steroid dienone is 2. The van der Waals surface area contributed by atoms with Gasteiger partial charge in [0.1, 0.15) is 0 Å². The lowest BCUT2D eigenvalue weighted by Gasteiger charge is -2.34. The summed E-state index contributed by atoms with van der Waals surface area (Å²) < 4.78 is 0. The molecule has 2 aliphatic rings. The Hall–Kier alpha value is -1.05. The number of nitrogens with zero attached hydrogens (tertiary/aromatic N) is 1. The largest absolute Gasteiger partial charge is 0.252 e. The SMILES string of the molecule is CC1=CC2CC(C1)Cc1c2nc2cc(Cl)ccc2c1Cl. The minimum Gasteiger partial charge on any atom is -0.252 e. The van der Waals surface area contributed by atoms with Crippen molar-refractivity contribution < 1.29 is 0 Å². The van der Waals surface area contributed by atoms with Crippen LogP contribution in [0.15, 0.2) is 29.8 Å². The fourth-order valence-corrected chi connectivity index (χ4v) is 4.27. The van der Waals surface area contributed by atoms with E-state index in [-0.39, 0.29) is 0 Å². The van der Waals surface area contributed by atoms with Crippen LogP contribution in [-0.4, -0.2) is 4.98 Å². The summed E-state index contributed by atoms with van der Waals surface area (Å²) in [5.74, 6) is 1.15. The molecule has 0 spiro atoms. The molecule has 0 saturated carbocycles. The van der Waals surface area contributed by atoms with Gasteiger partial charge in [-0.25, -0.2) is 0 Å². The third-order valence-electron chi connectivity index (χ3n) is 4.54. The highest BCUT2D eigenvalue weighted by Gasteiger charge is 2.32.